The second-order valence-electron chi connectivity index (χ2n) is 8.34. The quantitative estimate of drug-likeness (QED) is 0.690. The number of nitrogens with one attached hydrogen (secondary N) is 1. The van der Waals surface area contributed by atoms with Crippen molar-refractivity contribution in [1.82, 2.24) is 9.80 Å². The fourth-order valence-electron chi connectivity index (χ4n) is 4.74. The molecule has 1 amide bonds. The molecule has 0 aliphatic carbocycles. The number of hydrogen-bond acceptors (Lipinski definition) is 3. The molecule has 0 unspecified atom stereocenters. The van der Waals surface area contributed by atoms with Crippen LogP contribution < -0.4 is 5.32 Å². The maximum absolute atomic E-state index is 13.5. The molecule has 0 radical (unpaired) electrons. The minimum atomic E-state index is -0.339. The third kappa shape index (κ3) is 3.59. The summed E-state index contributed by atoms with van der Waals surface area (Å²) in [5.74, 6) is 0.129. The Kier molecular flexibility index (Phi) is 5.01. The molecular weight excluding hydrogens is 370 g/mol. The van der Waals surface area contributed by atoms with E-state index in [0.717, 1.165) is 49.3 Å². The lowest BCUT2D eigenvalue weighted by Crippen LogP contribution is -2.63. The second-order valence-corrected chi connectivity index (χ2v) is 8.34. The lowest BCUT2D eigenvalue weighted by Gasteiger charge is -2.52. The number of benzene rings is 3. The van der Waals surface area contributed by atoms with Crippen molar-refractivity contribution in [3.05, 3.63) is 102 Å². The van der Waals surface area contributed by atoms with Gasteiger partial charge >= 0.3 is 0 Å². The number of nitrogens with zero attached hydrogens (tertiary/aromatic N) is 2. The fraction of sp³-hybridized carbons (Fsp3) is 0.269. The zero-order valence-corrected chi connectivity index (χ0v) is 17.1. The van der Waals surface area contributed by atoms with Gasteiger partial charge in [-0.05, 0) is 23.3 Å². The topological polar surface area (TPSA) is 35.6 Å². The predicted molar refractivity (Wildman–Crippen MR) is 120 cm³/mol. The van der Waals surface area contributed by atoms with E-state index in [-0.39, 0.29) is 11.6 Å². The van der Waals surface area contributed by atoms with Crippen molar-refractivity contribution in [3.63, 3.8) is 0 Å². The first kappa shape index (κ1) is 18.9. The third-order valence-corrected chi connectivity index (χ3v) is 6.40. The Labute approximate surface area is 178 Å². The molecule has 3 aromatic rings. The molecule has 2 heterocycles. The van der Waals surface area contributed by atoms with E-state index in [1.165, 1.54) is 5.56 Å². The van der Waals surface area contributed by atoms with Crippen molar-refractivity contribution >= 4 is 11.6 Å². The molecule has 2 aliphatic heterocycles. The Morgan fingerprint density at radius 2 is 1.30 bits per heavy atom. The Balaban J connectivity index is 1.40. The van der Waals surface area contributed by atoms with E-state index in [2.05, 4.69) is 57.6 Å². The molecular formula is C26H27N3O. The first-order chi connectivity index (χ1) is 14.7. The average molecular weight is 398 g/mol. The SMILES string of the molecule is O=C1c2ccccc2NC2(CCN(Cc3ccccc3)CC2)N1Cc1ccccc1. The normalized spacial score (nSPS) is 18.1. The summed E-state index contributed by atoms with van der Waals surface area (Å²) in [6.45, 7) is 3.51. The lowest BCUT2D eigenvalue weighted by atomic mass is 9.89. The summed E-state index contributed by atoms with van der Waals surface area (Å²) in [6.07, 6.45) is 1.82. The zero-order valence-electron chi connectivity index (χ0n) is 17.1. The summed E-state index contributed by atoms with van der Waals surface area (Å²) >= 11 is 0. The highest BCUT2D eigenvalue weighted by molar-refractivity contribution is 6.02. The summed E-state index contributed by atoms with van der Waals surface area (Å²) in [4.78, 5) is 18.1. The first-order valence-electron chi connectivity index (χ1n) is 10.7. The van der Waals surface area contributed by atoms with E-state index in [9.17, 15) is 4.79 Å². The van der Waals surface area contributed by atoms with Gasteiger partial charge in [0.15, 0.2) is 0 Å². The molecule has 1 spiro atoms. The maximum atomic E-state index is 13.5. The molecule has 1 saturated heterocycles. The monoisotopic (exact) mass is 397 g/mol. The summed E-state index contributed by atoms with van der Waals surface area (Å²) in [5.41, 5.74) is 3.90. The van der Waals surface area contributed by atoms with E-state index in [1.54, 1.807) is 0 Å². The minimum absolute atomic E-state index is 0.129. The number of amides is 1. The molecule has 1 fully saturated rings. The molecule has 4 nitrogen and oxygen atoms in total. The van der Waals surface area contributed by atoms with Gasteiger partial charge in [0.25, 0.3) is 5.91 Å². The van der Waals surface area contributed by atoms with Crippen LogP contribution in [0, 0.1) is 0 Å². The van der Waals surface area contributed by atoms with Gasteiger partial charge in [0.2, 0.25) is 0 Å². The van der Waals surface area contributed by atoms with Crippen LogP contribution in [0.15, 0.2) is 84.9 Å². The molecule has 152 valence electrons. The maximum Gasteiger partial charge on any atom is 0.258 e. The van der Waals surface area contributed by atoms with Crippen LogP contribution in [-0.4, -0.2) is 34.5 Å². The van der Waals surface area contributed by atoms with Crippen molar-refractivity contribution in [1.29, 1.82) is 0 Å². The summed E-state index contributed by atoms with van der Waals surface area (Å²) < 4.78 is 0. The Morgan fingerprint density at radius 3 is 1.97 bits per heavy atom. The zero-order chi connectivity index (χ0) is 20.4. The molecule has 4 heteroatoms. The third-order valence-electron chi connectivity index (χ3n) is 6.40. The molecule has 0 bridgehead atoms. The molecule has 5 rings (SSSR count). The van der Waals surface area contributed by atoms with Crippen LogP contribution >= 0.6 is 0 Å². The fourth-order valence-corrected chi connectivity index (χ4v) is 4.74. The van der Waals surface area contributed by atoms with Crippen molar-refractivity contribution in [3.8, 4) is 0 Å². The van der Waals surface area contributed by atoms with E-state index < -0.39 is 0 Å². The molecule has 2 aliphatic rings. The van der Waals surface area contributed by atoms with Crippen LogP contribution in [0.5, 0.6) is 0 Å². The van der Waals surface area contributed by atoms with Gasteiger partial charge in [0.1, 0.15) is 5.66 Å². The number of fused-ring (bicyclic) bond motifs is 1. The van der Waals surface area contributed by atoms with Gasteiger partial charge in [0.05, 0.1) is 5.56 Å². The van der Waals surface area contributed by atoms with Gasteiger partial charge in [-0.25, -0.2) is 0 Å². The van der Waals surface area contributed by atoms with Crippen LogP contribution in [0.3, 0.4) is 0 Å². The van der Waals surface area contributed by atoms with Gasteiger partial charge < -0.3 is 10.2 Å². The van der Waals surface area contributed by atoms with Gasteiger partial charge in [-0.2, -0.15) is 0 Å². The number of hydrogen-bond donors (Lipinski definition) is 1. The lowest BCUT2D eigenvalue weighted by molar-refractivity contribution is 0.0222. The van der Waals surface area contributed by atoms with E-state index in [0.29, 0.717) is 6.54 Å². The number of carbonyl (C=O) groups excluding carboxylic acids is 1. The van der Waals surface area contributed by atoms with E-state index in [4.69, 9.17) is 0 Å². The average Bonchev–Trinajstić information content (AvgIpc) is 2.80. The van der Waals surface area contributed by atoms with Crippen LogP contribution in [-0.2, 0) is 13.1 Å². The molecule has 30 heavy (non-hydrogen) atoms. The highest BCUT2D eigenvalue weighted by atomic mass is 16.2. The summed E-state index contributed by atoms with van der Waals surface area (Å²) in [7, 11) is 0. The highest BCUT2D eigenvalue weighted by Gasteiger charge is 2.46. The molecule has 1 N–H and O–H groups in total. The number of anilines is 1. The van der Waals surface area contributed by atoms with Crippen molar-refractivity contribution in [2.75, 3.05) is 18.4 Å². The van der Waals surface area contributed by atoms with E-state index >= 15 is 0 Å². The van der Waals surface area contributed by atoms with Crippen molar-refractivity contribution < 1.29 is 4.79 Å². The number of para-hydroxylation sites is 1. The van der Waals surface area contributed by atoms with Crippen molar-refractivity contribution in [2.45, 2.75) is 31.6 Å². The van der Waals surface area contributed by atoms with Gasteiger partial charge in [-0.15, -0.1) is 0 Å². The first-order valence-corrected chi connectivity index (χ1v) is 10.7. The molecule has 0 aromatic heterocycles. The van der Waals surface area contributed by atoms with Gasteiger partial charge in [-0.1, -0.05) is 72.8 Å². The summed E-state index contributed by atoms with van der Waals surface area (Å²) in [6, 6.07) is 28.8. The standard InChI is InChI=1S/C26H27N3O/c30-25-23-13-7-8-14-24(23)27-26(29(25)20-22-11-5-2-6-12-22)15-17-28(18-16-26)19-21-9-3-1-4-10-21/h1-14,27H,15-20H2. The van der Waals surface area contributed by atoms with Crippen LogP contribution in [0.1, 0.15) is 34.3 Å². The van der Waals surface area contributed by atoms with Crippen LogP contribution in [0.25, 0.3) is 0 Å². The van der Waals surface area contributed by atoms with Crippen LogP contribution in [0.4, 0.5) is 5.69 Å². The molecule has 0 saturated carbocycles. The minimum Gasteiger partial charge on any atom is -0.362 e. The molecule has 3 aromatic carbocycles. The Bertz CT molecular complexity index is 1010. The van der Waals surface area contributed by atoms with Crippen LogP contribution in [0.2, 0.25) is 0 Å². The van der Waals surface area contributed by atoms with Gasteiger partial charge in [-0.3, -0.25) is 9.69 Å². The second kappa shape index (κ2) is 7.96. The predicted octanol–water partition coefficient (Wildman–Crippen LogP) is 4.75. The Hall–Kier alpha value is -3.11. The van der Waals surface area contributed by atoms with Crippen molar-refractivity contribution in [2.24, 2.45) is 0 Å². The Morgan fingerprint density at radius 1 is 0.733 bits per heavy atom. The number of carbonyl (C=O) groups is 1. The largest absolute Gasteiger partial charge is 0.362 e. The number of likely N-dealkylation sites (tertiary alicyclic amines) is 1. The molecule has 0 atom stereocenters. The number of piperidine rings is 1. The summed E-state index contributed by atoms with van der Waals surface area (Å²) in [5, 5.41) is 3.78. The highest BCUT2D eigenvalue weighted by Crippen LogP contribution is 2.38. The smallest absolute Gasteiger partial charge is 0.258 e. The van der Waals surface area contributed by atoms with E-state index in [1.807, 2.05) is 42.5 Å². The number of rotatable bonds is 4. The van der Waals surface area contributed by atoms with Gasteiger partial charge in [0, 0.05) is 44.7 Å².